The molecule has 0 aliphatic heterocycles. The summed E-state index contributed by atoms with van der Waals surface area (Å²) in [5.41, 5.74) is 2.32. The molecule has 1 unspecified atom stereocenters. The lowest BCUT2D eigenvalue weighted by Gasteiger charge is -2.20. The van der Waals surface area contributed by atoms with Crippen molar-refractivity contribution in [3.8, 4) is 0 Å². The Labute approximate surface area is 138 Å². The molecule has 0 spiro atoms. The number of fused-ring (bicyclic) bond motifs is 1. The molecule has 3 aromatic carbocycles. The molecule has 1 atom stereocenters. The third-order valence-corrected chi connectivity index (χ3v) is 4.52. The molecule has 1 nitrogen and oxygen atoms in total. The van der Waals surface area contributed by atoms with Crippen LogP contribution in [0.4, 0.5) is 0 Å². The average molecular weight is 361 g/mol. The highest BCUT2D eigenvalue weighted by Crippen LogP contribution is 2.33. The van der Waals surface area contributed by atoms with Gasteiger partial charge in [0.2, 0.25) is 0 Å². The maximum Gasteiger partial charge on any atom is 0.0595 e. The van der Waals surface area contributed by atoms with E-state index in [2.05, 4.69) is 69.8 Å². The molecule has 0 aliphatic carbocycles. The van der Waals surface area contributed by atoms with Gasteiger partial charge in [-0.1, -0.05) is 76.1 Å². The fourth-order valence-electron chi connectivity index (χ4n) is 2.72. The van der Waals surface area contributed by atoms with Crippen LogP contribution < -0.4 is 5.32 Å². The van der Waals surface area contributed by atoms with Crippen molar-refractivity contribution < 1.29 is 0 Å². The molecular formula is C18H15BrClN. The lowest BCUT2D eigenvalue weighted by Crippen LogP contribution is -2.18. The first-order chi connectivity index (χ1) is 10.2. The smallest absolute Gasteiger partial charge is 0.0595 e. The second-order valence-corrected chi connectivity index (χ2v) is 6.28. The fourth-order valence-corrected chi connectivity index (χ4v) is 3.50. The summed E-state index contributed by atoms with van der Waals surface area (Å²) >= 11 is 9.89. The summed E-state index contributed by atoms with van der Waals surface area (Å²) in [5.74, 6) is 0. The van der Waals surface area contributed by atoms with Crippen molar-refractivity contribution in [2.45, 2.75) is 6.04 Å². The minimum absolute atomic E-state index is 0.0664. The molecule has 106 valence electrons. The van der Waals surface area contributed by atoms with E-state index < -0.39 is 0 Å². The van der Waals surface area contributed by atoms with E-state index in [4.69, 9.17) is 11.6 Å². The van der Waals surface area contributed by atoms with E-state index in [1.165, 1.54) is 16.3 Å². The molecule has 3 heteroatoms. The van der Waals surface area contributed by atoms with Crippen LogP contribution in [0, 0.1) is 0 Å². The summed E-state index contributed by atoms with van der Waals surface area (Å²) in [6.45, 7) is 0. The monoisotopic (exact) mass is 359 g/mol. The first-order valence-electron chi connectivity index (χ1n) is 6.80. The van der Waals surface area contributed by atoms with E-state index in [-0.39, 0.29) is 6.04 Å². The highest BCUT2D eigenvalue weighted by molar-refractivity contribution is 9.10. The summed E-state index contributed by atoms with van der Waals surface area (Å²) in [7, 11) is 1.96. The van der Waals surface area contributed by atoms with Crippen LogP contribution in [0.15, 0.2) is 65.1 Å². The lowest BCUT2D eigenvalue weighted by molar-refractivity contribution is 0.697. The second-order valence-electron chi connectivity index (χ2n) is 4.96. The summed E-state index contributed by atoms with van der Waals surface area (Å²) in [6, 6.07) is 20.9. The van der Waals surface area contributed by atoms with Gasteiger partial charge in [-0.3, -0.25) is 0 Å². The molecule has 0 amide bonds. The van der Waals surface area contributed by atoms with E-state index in [1.54, 1.807) is 0 Å². The van der Waals surface area contributed by atoms with Crippen LogP contribution in [-0.4, -0.2) is 7.05 Å². The van der Waals surface area contributed by atoms with Gasteiger partial charge in [-0.05, 0) is 41.1 Å². The van der Waals surface area contributed by atoms with Crippen molar-refractivity contribution in [1.82, 2.24) is 5.32 Å². The van der Waals surface area contributed by atoms with Crippen molar-refractivity contribution in [2.24, 2.45) is 0 Å². The maximum absolute atomic E-state index is 6.43. The van der Waals surface area contributed by atoms with Gasteiger partial charge in [-0.25, -0.2) is 0 Å². The van der Waals surface area contributed by atoms with Gasteiger partial charge in [0, 0.05) is 9.50 Å². The van der Waals surface area contributed by atoms with Gasteiger partial charge in [0.1, 0.15) is 0 Å². The number of hydrogen-bond acceptors (Lipinski definition) is 1. The molecule has 0 radical (unpaired) electrons. The first kappa shape index (κ1) is 14.6. The first-order valence-corrected chi connectivity index (χ1v) is 7.97. The van der Waals surface area contributed by atoms with Gasteiger partial charge >= 0.3 is 0 Å². The van der Waals surface area contributed by atoms with Gasteiger partial charge in [0.05, 0.1) is 6.04 Å². The third-order valence-electron chi connectivity index (χ3n) is 3.70. The molecule has 0 aliphatic rings. The molecular weight excluding hydrogens is 346 g/mol. The summed E-state index contributed by atoms with van der Waals surface area (Å²) in [5, 5.41) is 6.64. The number of benzene rings is 3. The zero-order valence-electron chi connectivity index (χ0n) is 11.6. The molecule has 0 aromatic heterocycles. The summed E-state index contributed by atoms with van der Waals surface area (Å²) < 4.78 is 0.990. The van der Waals surface area contributed by atoms with Crippen molar-refractivity contribution >= 4 is 38.3 Å². The van der Waals surface area contributed by atoms with Crippen LogP contribution in [0.5, 0.6) is 0 Å². The van der Waals surface area contributed by atoms with Gasteiger partial charge in [0.25, 0.3) is 0 Å². The Bertz CT molecular complexity index is 780. The SMILES string of the molecule is CNC(c1ccc(Br)cc1Cl)c1cccc2ccccc12. The largest absolute Gasteiger partial charge is 0.309 e. The summed E-state index contributed by atoms with van der Waals surface area (Å²) in [4.78, 5) is 0. The third kappa shape index (κ3) is 2.84. The fraction of sp³-hybridized carbons (Fsp3) is 0.111. The van der Waals surface area contributed by atoms with Crippen LogP contribution in [0.25, 0.3) is 10.8 Å². The van der Waals surface area contributed by atoms with Crippen molar-refractivity contribution in [3.05, 3.63) is 81.3 Å². The average Bonchev–Trinajstić information content (AvgIpc) is 2.50. The van der Waals surface area contributed by atoms with E-state index in [0.717, 1.165) is 15.1 Å². The Hall–Kier alpha value is -1.35. The van der Waals surface area contributed by atoms with Gasteiger partial charge < -0.3 is 5.32 Å². The minimum atomic E-state index is 0.0664. The molecule has 0 saturated carbocycles. The molecule has 3 rings (SSSR count). The van der Waals surface area contributed by atoms with Crippen LogP contribution >= 0.6 is 27.5 Å². The van der Waals surface area contributed by atoms with Crippen LogP contribution in [0.3, 0.4) is 0 Å². The van der Waals surface area contributed by atoms with Gasteiger partial charge in [-0.2, -0.15) is 0 Å². The maximum atomic E-state index is 6.43. The molecule has 21 heavy (non-hydrogen) atoms. The van der Waals surface area contributed by atoms with Crippen molar-refractivity contribution in [2.75, 3.05) is 7.05 Å². The normalized spacial score (nSPS) is 12.5. The van der Waals surface area contributed by atoms with Crippen LogP contribution in [0.1, 0.15) is 17.2 Å². The number of hydrogen-bond donors (Lipinski definition) is 1. The Morgan fingerprint density at radius 1 is 0.952 bits per heavy atom. The van der Waals surface area contributed by atoms with E-state index in [9.17, 15) is 0 Å². The highest BCUT2D eigenvalue weighted by atomic mass is 79.9. The molecule has 0 fully saturated rings. The van der Waals surface area contributed by atoms with Crippen LogP contribution in [-0.2, 0) is 0 Å². The topological polar surface area (TPSA) is 12.0 Å². The molecule has 0 saturated heterocycles. The number of halogens is 2. The van der Waals surface area contributed by atoms with E-state index in [1.807, 2.05) is 19.2 Å². The predicted octanol–water partition coefficient (Wildman–Crippen LogP) is 5.56. The Balaban J connectivity index is 2.18. The Morgan fingerprint density at radius 3 is 2.48 bits per heavy atom. The van der Waals surface area contributed by atoms with Crippen molar-refractivity contribution in [3.63, 3.8) is 0 Å². The Kier molecular flexibility index (Phi) is 4.29. The predicted molar refractivity (Wildman–Crippen MR) is 94.0 cm³/mol. The number of rotatable bonds is 3. The number of nitrogens with one attached hydrogen (secondary N) is 1. The molecule has 0 bridgehead atoms. The molecule has 3 aromatic rings. The zero-order valence-corrected chi connectivity index (χ0v) is 13.9. The van der Waals surface area contributed by atoms with Crippen molar-refractivity contribution in [1.29, 1.82) is 0 Å². The molecule has 0 heterocycles. The van der Waals surface area contributed by atoms with Crippen LogP contribution in [0.2, 0.25) is 5.02 Å². The standard InChI is InChI=1S/C18H15BrClN/c1-21-18(16-10-9-13(19)11-17(16)20)15-8-4-6-12-5-2-3-7-14(12)15/h2-11,18,21H,1H3. The quantitative estimate of drug-likeness (QED) is 0.644. The summed E-state index contributed by atoms with van der Waals surface area (Å²) in [6.07, 6.45) is 0. The second kappa shape index (κ2) is 6.18. The van der Waals surface area contributed by atoms with E-state index >= 15 is 0 Å². The zero-order chi connectivity index (χ0) is 14.8. The lowest BCUT2D eigenvalue weighted by atomic mass is 9.94. The van der Waals surface area contributed by atoms with Gasteiger partial charge in [-0.15, -0.1) is 0 Å². The molecule has 1 N–H and O–H groups in total. The van der Waals surface area contributed by atoms with Gasteiger partial charge in [0.15, 0.2) is 0 Å². The van der Waals surface area contributed by atoms with E-state index in [0.29, 0.717) is 0 Å². The Morgan fingerprint density at radius 2 is 1.71 bits per heavy atom. The highest BCUT2D eigenvalue weighted by Gasteiger charge is 2.17. The minimum Gasteiger partial charge on any atom is -0.309 e.